The molecule has 0 bridgehead atoms. The van der Waals surface area contributed by atoms with Crippen LogP contribution in [0.5, 0.6) is 0 Å². The molecule has 16 heavy (non-hydrogen) atoms. The topological polar surface area (TPSA) is 63.1 Å². The Labute approximate surface area is 99.4 Å². The number of aliphatic hydroxyl groups excluding tert-OH is 1. The van der Waals surface area contributed by atoms with E-state index in [0.717, 1.165) is 26.1 Å². The first-order chi connectivity index (χ1) is 7.74. The van der Waals surface area contributed by atoms with Crippen LogP contribution in [0.4, 0.5) is 0 Å². The van der Waals surface area contributed by atoms with Crippen LogP contribution >= 0.6 is 12.2 Å². The summed E-state index contributed by atoms with van der Waals surface area (Å²) in [5, 5.41) is 16.0. The number of aliphatic hydroxyl groups is 1. The van der Waals surface area contributed by atoms with Gasteiger partial charge in [0.2, 0.25) is 0 Å². The zero-order valence-electron chi connectivity index (χ0n) is 9.35. The van der Waals surface area contributed by atoms with Gasteiger partial charge >= 0.3 is 0 Å². The molecule has 1 aliphatic heterocycles. The number of aromatic amines is 1. The maximum Gasteiger partial charge on any atom is 0.195 e. The first kappa shape index (κ1) is 11.8. The molecule has 0 amide bonds. The van der Waals surface area contributed by atoms with Crippen LogP contribution in [0.2, 0.25) is 0 Å². The predicted octanol–water partition coefficient (Wildman–Crippen LogP) is 1.42. The van der Waals surface area contributed by atoms with Crippen molar-refractivity contribution < 1.29 is 9.84 Å². The number of nitrogens with zero attached hydrogens (tertiary/aromatic N) is 2. The van der Waals surface area contributed by atoms with Crippen molar-refractivity contribution in [2.24, 2.45) is 5.92 Å². The highest BCUT2D eigenvalue weighted by atomic mass is 32.1. The number of aromatic nitrogens is 3. The van der Waals surface area contributed by atoms with Crippen LogP contribution in [0.3, 0.4) is 0 Å². The van der Waals surface area contributed by atoms with Crippen LogP contribution in [0.15, 0.2) is 0 Å². The minimum Gasteiger partial charge on any atom is -0.388 e. The number of hydrogen-bond acceptors (Lipinski definition) is 4. The summed E-state index contributed by atoms with van der Waals surface area (Å²) in [5.74, 6) is 1.16. The third-order valence-corrected chi connectivity index (χ3v) is 3.56. The van der Waals surface area contributed by atoms with Gasteiger partial charge in [0.25, 0.3) is 0 Å². The SMILES string of the molecule is CC(C1CCOCC1)n1c(CO)n[nH]c1=S. The van der Waals surface area contributed by atoms with Gasteiger partial charge in [-0.15, -0.1) is 0 Å². The van der Waals surface area contributed by atoms with Crippen molar-refractivity contribution in [3.63, 3.8) is 0 Å². The third kappa shape index (κ3) is 2.18. The summed E-state index contributed by atoms with van der Waals surface area (Å²) in [6.07, 6.45) is 2.08. The average molecular weight is 243 g/mol. The van der Waals surface area contributed by atoms with Crippen molar-refractivity contribution in [3.8, 4) is 0 Å². The molecule has 6 heteroatoms. The summed E-state index contributed by atoms with van der Waals surface area (Å²) in [7, 11) is 0. The second-order valence-electron chi connectivity index (χ2n) is 4.16. The van der Waals surface area contributed by atoms with Crippen LogP contribution < -0.4 is 0 Å². The lowest BCUT2D eigenvalue weighted by atomic mass is 9.93. The molecular weight excluding hydrogens is 226 g/mol. The van der Waals surface area contributed by atoms with Gasteiger partial charge in [-0.3, -0.25) is 9.67 Å². The zero-order valence-corrected chi connectivity index (χ0v) is 10.2. The second kappa shape index (κ2) is 5.07. The smallest absolute Gasteiger partial charge is 0.195 e. The molecule has 2 heterocycles. The van der Waals surface area contributed by atoms with E-state index in [1.165, 1.54) is 0 Å². The van der Waals surface area contributed by atoms with Crippen LogP contribution in [0, 0.1) is 10.7 Å². The van der Waals surface area contributed by atoms with Crippen molar-refractivity contribution in [2.45, 2.75) is 32.4 Å². The van der Waals surface area contributed by atoms with E-state index in [2.05, 4.69) is 17.1 Å². The fourth-order valence-electron chi connectivity index (χ4n) is 2.28. The summed E-state index contributed by atoms with van der Waals surface area (Å²) in [6, 6.07) is 0.261. The number of rotatable bonds is 3. The Balaban J connectivity index is 2.21. The molecule has 1 aliphatic rings. The molecule has 1 saturated heterocycles. The second-order valence-corrected chi connectivity index (χ2v) is 4.55. The van der Waals surface area contributed by atoms with E-state index in [9.17, 15) is 5.11 Å². The van der Waals surface area contributed by atoms with Crippen molar-refractivity contribution in [1.29, 1.82) is 0 Å². The molecule has 1 fully saturated rings. The fraction of sp³-hybridized carbons (Fsp3) is 0.800. The van der Waals surface area contributed by atoms with Gasteiger partial charge in [-0.1, -0.05) is 0 Å². The van der Waals surface area contributed by atoms with Crippen molar-refractivity contribution in [2.75, 3.05) is 13.2 Å². The highest BCUT2D eigenvalue weighted by Gasteiger charge is 2.24. The molecule has 1 aromatic heterocycles. The summed E-state index contributed by atoms with van der Waals surface area (Å²) in [4.78, 5) is 0. The highest BCUT2D eigenvalue weighted by molar-refractivity contribution is 7.71. The molecule has 1 atom stereocenters. The molecule has 0 spiro atoms. The molecule has 0 radical (unpaired) electrons. The van der Waals surface area contributed by atoms with Crippen molar-refractivity contribution in [1.82, 2.24) is 14.8 Å². The molecule has 0 saturated carbocycles. The average Bonchev–Trinajstić information content (AvgIpc) is 2.70. The van der Waals surface area contributed by atoms with Crippen LogP contribution in [0.25, 0.3) is 0 Å². The molecule has 1 aromatic rings. The number of H-pyrrole nitrogens is 1. The lowest BCUT2D eigenvalue weighted by Gasteiger charge is -2.29. The van der Waals surface area contributed by atoms with Crippen molar-refractivity contribution in [3.05, 3.63) is 10.6 Å². The van der Waals surface area contributed by atoms with E-state index in [1.807, 2.05) is 4.57 Å². The Kier molecular flexibility index (Phi) is 3.73. The van der Waals surface area contributed by atoms with Crippen LogP contribution in [0.1, 0.15) is 31.6 Å². The van der Waals surface area contributed by atoms with E-state index in [4.69, 9.17) is 17.0 Å². The standard InChI is InChI=1S/C10H17N3O2S/c1-7(8-2-4-15-5-3-8)13-9(6-14)11-12-10(13)16/h7-8,14H,2-6H2,1H3,(H,12,16). The Morgan fingerprint density at radius 2 is 2.31 bits per heavy atom. The van der Waals surface area contributed by atoms with Gasteiger partial charge in [0.1, 0.15) is 6.61 Å². The molecule has 5 nitrogen and oxygen atoms in total. The lowest BCUT2D eigenvalue weighted by molar-refractivity contribution is 0.0501. The maximum absolute atomic E-state index is 9.20. The minimum absolute atomic E-state index is 0.0826. The van der Waals surface area contributed by atoms with Gasteiger partial charge in [-0.25, -0.2) is 0 Å². The van der Waals surface area contributed by atoms with Gasteiger partial charge < -0.3 is 9.84 Å². The quantitative estimate of drug-likeness (QED) is 0.788. The first-order valence-corrected chi connectivity index (χ1v) is 5.99. The van der Waals surface area contributed by atoms with Gasteiger partial charge in [0.15, 0.2) is 10.6 Å². The normalized spacial score (nSPS) is 19.9. The van der Waals surface area contributed by atoms with E-state index in [1.54, 1.807) is 0 Å². The van der Waals surface area contributed by atoms with Gasteiger partial charge in [-0.05, 0) is 37.9 Å². The largest absolute Gasteiger partial charge is 0.388 e. The summed E-state index contributed by atoms with van der Waals surface area (Å²) in [5.41, 5.74) is 0. The molecule has 0 aliphatic carbocycles. The Morgan fingerprint density at radius 1 is 1.62 bits per heavy atom. The maximum atomic E-state index is 9.20. The number of nitrogens with one attached hydrogen (secondary N) is 1. The molecule has 0 aromatic carbocycles. The zero-order chi connectivity index (χ0) is 11.5. The lowest BCUT2D eigenvalue weighted by Crippen LogP contribution is -2.25. The molecular formula is C10H17N3O2S. The Bertz CT molecular complexity index is 395. The minimum atomic E-state index is -0.0826. The Hall–Kier alpha value is -0.720. The molecule has 2 N–H and O–H groups in total. The van der Waals surface area contributed by atoms with E-state index >= 15 is 0 Å². The highest BCUT2D eigenvalue weighted by Crippen LogP contribution is 2.28. The van der Waals surface area contributed by atoms with Gasteiger partial charge in [-0.2, -0.15) is 5.10 Å². The predicted molar refractivity (Wildman–Crippen MR) is 61.6 cm³/mol. The van der Waals surface area contributed by atoms with Crippen molar-refractivity contribution >= 4 is 12.2 Å². The summed E-state index contributed by atoms with van der Waals surface area (Å²) >= 11 is 5.19. The summed E-state index contributed by atoms with van der Waals surface area (Å²) < 4.78 is 7.85. The fourth-order valence-corrected chi connectivity index (χ4v) is 2.60. The number of hydrogen-bond donors (Lipinski definition) is 2. The van der Waals surface area contributed by atoms with Gasteiger partial charge in [0, 0.05) is 19.3 Å². The monoisotopic (exact) mass is 243 g/mol. The third-order valence-electron chi connectivity index (χ3n) is 3.27. The molecule has 2 rings (SSSR count). The van der Waals surface area contributed by atoms with Crippen LogP contribution in [-0.2, 0) is 11.3 Å². The Morgan fingerprint density at radius 3 is 2.94 bits per heavy atom. The van der Waals surface area contributed by atoms with Crippen LogP contribution in [-0.4, -0.2) is 33.1 Å². The van der Waals surface area contributed by atoms with E-state index < -0.39 is 0 Å². The molecule has 1 unspecified atom stereocenters. The van der Waals surface area contributed by atoms with Gasteiger partial charge in [0.05, 0.1) is 0 Å². The first-order valence-electron chi connectivity index (χ1n) is 5.58. The van der Waals surface area contributed by atoms with E-state index in [0.29, 0.717) is 16.5 Å². The summed E-state index contributed by atoms with van der Waals surface area (Å²) in [6.45, 7) is 3.67. The molecule has 90 valence electrons. The number of ether oxygens (including phenoxy) is 1. The van der Waals surface area contributed by atoms with E-state index in [-0.39, 0.29) is 12.6 Å².